The second-order valence-electron chi connectivity index (χ2n) is 7.62. The largest absolute Gasteiger partial charge is 0.123 e. The van der Waals surface area contributed by atoms with Gasteiger partial charge in [0.05, 0.1) is 0 Å². The monoisotopic (exact) mass is 292 g/mol. The van der Waals surface area contributed by atoms with Gasteiger partial charge in [0.25, 0.3) is 0 Å². The third kappa shape index (κ3) is 3.58. The van der Waals surface area contributed by atoms with Crippen molar-refractivity contribution in [3.05, 3.63) is 34.9 Å². The summed E-state index contributed by atoms with van der Waals surface area (Å²) < 4.78 is 0. The summed E-state index contributed by atoms with van der Waals surface area (Å²) in [6.07, 6.45) is 4.94. The lowest BCUT2D eigenvalue weighted by molar-refractivity contribution is 0.142. The fraction of sp³-hybridized carbons (Fsp3) is 0.684. The Bertz CT molecular complexity index is 461. The molecule has 1 fully saturated rings. The van der Waals surface area contributed by atoms with E-state index in [0.717, 1.165) is 12.3 Å². The van der Waals surface area contributed by atoms with Crippen molar-refractivity contribution in [3.63, 3.8) is 0 Å². The molecule has 1 aromatic carbocycles. The van der Waals surface area contributed by atoms with Gasteiger partial charge in [0, 0.05) is 5.38 Å². The summed E-state index contributed by atoms with van der Waals surface area (Å²) in [6, 6.07) is 6.90. The highest BCUT2D eigenvalue weighted by molar-refractivity contribution is 6.20. The van der Waals surface area contributed by atoms with Crippen molar-refractivity contribution in [2.24, 2.45) is 17.3 Å². The number of benzene rings is 1. The van der Waals surface area contributed by atoms with E-state index < -0.39 is 0 Å². The van der Waals surface area contributed by atoms with Crippen molar-refractivity contribution >= 4 is 11.6 Å². The van der Waals surface area contributed by atoms with Crippen molar-refractivity contribution in [1.29, 1.82) is 0 Å². The van der Waals surface area contributed by atoms with E-state index in [1.807, 2.05) is 0 Å². The van der Waals surface area contributed by atoms with E-state index in [9.17, 15) is 0 Å². The Morgan fingerprint density at radius 1 is 1.15 bits per heavy atom. The van der Waals surface area contributed by atoms with Crippen LogP contribution >= 0.6 is 11.6 Å². The highest BCUT2D eigenvalue weighted by atomic mass is 35.5. The van der Waals surface area contributed by atoms with Crippen LogP contribution in [0.4, 0.5) is 0 Å². The van der Waals surface area contributed by atoms with E-state index >= 15 is 0 Å². The first-order valence-electron chi connectivity index (χ1n) is 8.00. The van der Waals surface area contributed by atoms with Crippen LogP contribution in [-0.4, -0.2) is 5.38 Å². The molecule has 20 heavy (non-hydrogen) atoms. The molecule has 1 aliphatic rings. The molecule has 0 aliphatic heterocycles. The molecular formula is C19H29Cl. The molecule has 0 aromatic heterocycles. The third-order valence-electron chi connectivity index (χ3n) is 5.27. The summed E-state index contributed by atoms with van der Waals surface area (Å²) in [6.45, 7) is 11.5. The van der Waals surface area contributed by atoms with Crippen molar-refractivity contribution in [3.8, 4) is 0 Å². The average Bonchev–Trinajstić information content (AvgIpc) is 2.33. The number of halogens is 1. The molecule has 0 spiro atoms. The molecular weight excluding hydrogens is 264 g/mol. The second-order valence-corrected chi connectivity index (χ2v) is 8.19. The van der Waals surface area contributed by atoms with Gasteiger partial charge < -0.3 is 0 Å². The topological polar surface area (TPSA) is 0 Å². The third-order valence-corrected chi connectivity index (χ3v) is 5.75. The molecule has 1 saturated carbocycles. The van der Waals surface area contributed by atoms with Gasteiger partial charge in [-0.3, -0.25) is 0 Å². The Morgan fingerprint density at radius 2 is 1.85 bits per heavy atom. The number of rotatable bonds is 3. The molecule has 1 aromatic rings. The van der Waals surface area contributed by atoms with E-state index in [4.69, 9.17) is 11.6 Å². The minimum Gasteiger partial charge on any atom is -0.123 e. The van der Waals surface area contributed by atoms with Crippen molar-refractivity contribution in [1.82, 2.24) is 0 Å². The van der Waals surface area contributed by atoms with Gasteiger partial charge in [-0.2, -0.15) is 0 Å². The summed E-state index contributed by atoms with van der Waals surface area (Å²) >= 11 is 6.68. The first kappa shape index (κ1) is 15.9. The summed E-state index contributed by atoms with van der Waals surface area (Å²) in [4.78, 5) is 0. The van der Waals surface area contributed by atoms with Crippen LogP contribution in [-0.2, 0) is 6.42 Å². The first-order valence-corrected chi connectivity index (χ1v) is 8.43. The van der Waals surface area contributed by atoms with Crippen LogP contribution in [0.3, 0.4) is 0 Å². The van der Waals surface area contributed by atoms with E-state index in [-0.39, 0.29) is 5.41 Å². The molecule has 1 heteroatoms. The quantitative estimate of drug-likeness (QED) is 0.607. The highest BCUT2D eigenvalue weighted by Gasteiger charge is 2.38. The maximum absolute atomic E-state index is 6.68. The van der Waals surface area contributed by atoms with E-state index in [1.165, 1.54) is 36.0 Å². The number of aryl methyl sites for hydroxylation is 2. The molecule has 112 valence electrons. The minimum absolute atomic E-state index is 0.286. The Morgan fingerprint density at radius 3 is 2.45 bits per heavy atom. The maximum atomic E-state index is 6.68. The van der Waals surface area contributed by atoms with Gasteiger partial charge in [0.1, 0.15) is 0 Å². The van der Waals surface area contributed by atoms with E-state index in [1.54, 1.807) is 0 Å². The average molecular weight is 293 g/mol. The predicted molar refractivity (Wildman–Crippen MR) is 89.5 cm³/mol. The molecule has 0 nitrogen and oxygen atoms in total. The molecule has 0 bridgehead atoms. The number of alkyl halides is 1. The van der Waals surface area contributed by atoms with Crippen molar-refractivity contribution < 1.29 is 0 Å². The zero-order chi connectivity index (χ0) is 14.9. The van der Waals surface area contributed by atoms with Gasteiger partial charge in [-0.25, -0.2) is 0 Å². The minimum atomic E-state index is 0.286. The lowest BCUT2D eigenvalue weighted by atomic mass is 9.66. The lowest BCUT2D eigenvalue weighted by Crippen LogP contribution is -2.37. The van der Waals surface area contributed by atoms with Gasteiger partial charge in [-0.15, -0.1) is 11.6 Å². The molecule has 0 heterocycles. The Kier molecular flexibility index (Phi) is 4.84. The smallest absolute Gasteiger partial charge is 0.0372 e. The molecule has 0 radical (unpaired) electrons. The Balaban J connectivity index is 2.11. The fourth-order valence-electron chi connectivity index (χ4n) is 3.76. The highest BCUT2D eigenvalue weighted by Crippen LogP contribution is 2.44. The molecule has 3 atom stereocenters. The predicted octanol–water partition coefficient (Wildman–Crippen LogP) is 5.92. The first-order chi connectivity index (χ1) is 9.29. The molecule has 3 unspecified atom stereocenters. The molecule has 0 saturated heterocycles. The van der Waals surface area contributed by atoms with Crippen molar-refractivity contribution in [2.75, 3.05) is 0 Å². The Labute approximate surface area is 129 Å². The summed E-state index contributed by atoms with van der Waals surface area (Å²) in [5.41, 5.74) is 4.53. The zero-order valence-electron chi connectivity index (χ0n) is 13.7. The standard InChI is InChI=1S/C19H29Cl/c1-13-6-9-17(18(20)10-13)19(4,5)12-16-8-7-14(2)15(3)11-16/h7-8,11,13,17-18H,6,9-10,12H2,1-5H3. The van der Waals surface area contributed by atoms with Crippen LogP contribution in [0.2, 0.25) is 0 Å². The van der Waals surface area contributed by atoms with Gasteiger partial charge in [0.2, 0.25) is 0 Å². The van der Waals surface area contributed by atoms with Crippen molar-refractivity contribution in [2.45, 2.75) is 65.7 Å². The van der Waals surface area contributed by atoms with E-state index in [2.05, 4.69) is 52.8 Å². The number of hydrogen-bond acceptors (Lipinski definition) is 0. The van der Waals surface area contributed by atoms with Gasteiger partial charge in [-0.1, -0.05) is 45.4 Å². The van der Waals surface area contributed by atoms with Crippen LogP contribution in [0.5, 0.6) is 0 Å². The number of hydrogen-bond donors (Lipinski definition) is 0. The lowest BCUT2D eigenvalue weighted by Gasteiger charge is -2.42. The SMILES string of the molecule is Cc1ccc(CC(C)(C)C2CCC(C)CC2Cl)cc1C. The van der Waals surface area contributed by atoms with Crippen LogP contribution < -0.4 is 0 Å². The van der Waals surface area contributed by atoms with Crippen LogP contribution in [0.15, 0.2) is 18.2 Å². The van der Waals surface area contributed by atoms with Crippen LogP contribution in [0, 0.1) is 31.1 Å². The normalized spacial score (nSPS) is 27.6. The van der Waals surface area contributed by atoms with Gasteiger partial charge in [0.15, 0.2) is 0 Å². The van der Waals surface area contributed by atoms with Crippen LogP contribution in [0.1, 0.15) is 56.7 Å². The Hall–Kier alpha value is -0.490. The second kappa shape index (κ2) is 6.10. The summed E-state index contributed by atoms with van der Waals surface area (Å²) in [5.74, 6) is 1.44. The summed E-state index contributed by atoms with van der Waals surface area (Å²) in [5, 5.41) is 0.347. The molecule has 1 aliphatic carbocycles. The summed E-state index contributed by atoms with van der Waals surface area (Å²) in [7, 11) is 0. The van der Waals surface area contributed by atoms with Gasteiger partial charge in [-0.05, 0) is 67.1 Å². The van der Waals surface area contributed by atoms with Gasteiger partial charge >= 0.3 is 0 Å². The van der Waals surface area contributed by atoms with Crippen LogP contribution in [0.25, 0.3) is 0 Å². The fourth-order valence-corrected chi connectivity index (χ4v) is 4.53. The molecule has 2 rings (SSSR count). The van der Waals surface area contributed by atoms with E-state index in [0.29, 0.717) is 11.3 Å². The maximum Gasteiger partial charge on any atom is 0.0372 e. The molecule has 0 N–H and O–H groups in total. The molecule has 0 amide bonds. The zero-order valence-corrected chi connectivity index (χ0v) is 14.4.